The van der Waals surface area contributed by atoms with Crippen molar-refractivity contribution in [1.82, 2.24) is 10.2 Å². The molecule has 3 rings (SSSR count). The summed E-state index contributed by atoms with van der Waals surface area (Å²) in [6, 6.07) is 6.85. The molecule has 0 atom stereocenters. The minimum absolute atomic E-state index is 0.0349. The molecule has 0 saturated heterocycles. The van der Waals surface area contributed by atoms with Crippen molar-refractivity contribution in [3.05, 3.63) is 45.9 Å². The Labute approximate surface area is 141 Å². The molecule has 1 amide bonds. The minimum Gasteiger partial charge on any atom is -0.495 e. The first-order valence-electron chi connectivity index (χ1n) is 6.64. The number of halogens is 1. The molecule has 3 aromatic rings. The molecule has 0 spiro atoms. The maximum atomic E-state index is 12.1. The normalized spacial score (nSPS) is 10.5. The largest absolute Gasteiger partial charge is 0.495 e. The Morgan fingerprint density at radius 3 is 3.00 bits per heavy atom. The van der Waals surface area contributed by atoms with Crippen LogP contribution in [0.15, 0.2) is 39.4 Å². The SMILES string of the molecule is COc1ccc(Cl)cc1NC(=O)Cc1nnc(-c2ccsc2)o1. The summed E-state index contributed by atoms with van der Waals surface area (Å²) >= 11 is 7.46. The second-order valence-electron chi connectivity index (χ2n) is 4.58. The fraction of sp³-hybridized carbons (Fsp3) is 0.133. The molecule has 0 fully saturated rings. The van der Waals surface area contributed by atoms with Crippen LogP contribution in [0.4, 0.5) is 5.69 Å². The number of nitrogens with one attached hydrogen (secondary N) is 1. The van der Waals surface area contributed by atoms with Gasteiger partial charge in [-0.1, -0.05) is 11.6 Å². The highest BCUT2D eigenvalue weighted by Gasteiger charge is 2.14. The lowest BCUT2D eigenvalue weighted by molar-refractivity contribution is -0.115. The summed E-state index contributed by atoms with van der Waals surface area (Å²) in [6.07, 6.45) is -0.0349. The highest BCUT2D eigenvalue weighted by molar-refractivity contribution is 7.08. The van der Waals surface area contributed by atoms with Gasteiger partial charge in [-0.05, 0) is 29.6 Å². The maximum Gasteiger partial charge on any atom is 0.248 e. The molecule has 0 radical (unpaired) electrons. The average molecular weight is 350 g/mol. The zero-order valence-corrected chi connectivity index (χ0v) is 13.6. The number of anilines is 1. The molecule has 0 aliphatic heterocycles. The van der Waals surface area contributed by atoms with Crippen molar-refractivity contribution < 1.29 is 13.9 Å². The summed E-state index contributed by atoms with van der Waals surface area (Å²) in [6.45, 7) is 0. The van der Waals surface area contributed by atoms with E-state index in [1.54, 1.807) is 18.2 Å². The second kappa shape index (κ2) is 6.80. The molecule has 0 saturated carbocycles. The van der Waals surface area contributed by atoms with Crippen LogP contribution in [-0.2, 0) is 11.2 Å². The molecule has 1 aromatic carbocycles. The summed E-state index contributed by atoms with van der Waals surface area (Å²) in [7, 11) is 1.52. The van der Waals surface area contributed by atoms with Gasteiger partial charge >= 0.3 is 0 Å². The molecule has 8 heteroatoms. The Kier molecular flexibility index (Phi) is 4.59. The van der Waals surface area contributed by atoms with Crippen LogP contribution >= 0.6 is 22.9 Å². The van der Waals surface area contributed by atoms with Crippen LogP contribution < -0.4 is 10.1 Å². The van der Waals surface area contributed by atoms with Crippen LogP contribution in [0.25, 0.3) is 11.5 Å². The molecule has 0 bridgehead atoms. The average Bonchev–Trinajstić information content (AvgIpc) is 3.18. The zero-order chi connectivity index (χ0) is 16.2. The van der Waals surface area contributed by atoms with Gasteiger partial charge in [-0.2, -0.15) is 11.3 Å². The van der Waals surface area contributed by atoms with E-state index in [0.29, 0.717) is 22.4 Å². The Hall–Kier alpha value is -2.38. The van der Waals surface area contributed by atoms with Gasteiger partial charge in [0.05, 0.1) is 12.8 Å². The summed E-state index contributed by atoms with van der Waals surface area (Å²) in [5, 5.41) is 14.8. The van der Waals surface area contributed by atoms with Crippen LogP contribution in [0.2, 0.25) is 5.02 Å². The first-order chi connectivity index (χ1) is 11.2. The number of carbonyl (C=O) groups excluding carboxylic acids is 1. The number of ether oxygens (including phenoxy) is 1. The van der Waals surface area contributed by atoms with E-state index in [1.165, 1.54) is 18.4 Å². The van der Waals surface area contributed by atoms with Gasteiger partial charge in [-0.3, -0.25) is 4.79 Å². The molecule has 0 unspecified atom stereocenters. The fourth-order valence-electron chi connectivity index (χ4n) is 1.94. The third-order valence-corrected chi connectivity index (χ3v) is 3.90. The van der Waals surface area contributed by atoms with Crippen LogP contribution in [0, 0.1) is 0 Å². The topological polar surface area (TPSA) is 77.2 Å². The van der Waals surface area contributed by atoms with Crippen molar-refractivity contribution in [3.63, 3.8) is 0 Å². The van der Waals surface area contributed by atoms with Gasteiger partial charge in [-0.25, -0.2) is 0 Å². The van der Waals surface area contributed by atoms with Gasteiger partial charge in [0.2, 0.25) is 17.7 Å². The third-order valence-electron chi connectivity index (χ3n) is 2.98. The number of hydrogen-bond donors (Lipinski definition) is 1. The van der Waals surface area contributed by atoms with E-state index < -0.39 is 0 Å². The lowest BCUT2D eigenvalue weighted by Gasteiger charge is -2.09. The first-order valence-corrected chi connectivity index (χ1v) is 7.96. The van der Waals surface area contributed by atoms with E-state index >= 15 is 0 Å². The molecule has 6 nitrogen and oxygen atoms in total. The fourth-order valence-corrected chi connectivity index (χ4v) is 2.74. The molecular formula is C15H12ClN3O3S. The van der Waals surface area contributed by atoms with E-state index in [4.69, 9.17) is 20.8 Å². The summed E-state index contributed by atoms with van der Waals surface area (Å²) in [4.78, 5) is 12.1. The number of benzene rings is 1. The number of nitrogens with zero attached hydrogens (tertiary/aromatic N) is 2. The number of carbonyl (C=O) groups is 1. The zero-order valence-electron chi connectivity index (χ0n) is 12.1. The highest BCUT2D eigenvalue weighted by atomic mass is 35.5. The lowest BCUT2D eigenvalue weighted by Crippen LogP contribution is -2.15. The number of thiophene rings is 1. The third kappa shape index (κ3) is 3.69. The Bertz CT molecular complexity index is 817. The monoisotopic (exact) mass is 349 g/mol. The summed E-state index contributed by atoms with van der Waals surface area (Å²) in [5.74, 6) is 0.859. The van der Waals surface area contributed by atoms with Gasteiger partial charge in [0.1, 0.15) is 12.2 Å². The van der Waals surface area contributed by atoms with Crippen molar-refractivity contribution in [1.29, 1.82) is 0 Å². The van der Waals surface area contributed by atoms with E-state index in [-0.39, 0.29) is 18.2 Å². The first kappa shape index (κ1) is 15.5. The van der Waals surface area contributed by atoms with Gasteiger partial charge in [0.25, 0.3) is 0 Å². The van der Waals surface area contributed by atoms with Crippen molar-refractivity contribution in [3.8, 4) is 17.2 Å². The van der Waals surface area contributed by atoms with Gasteiger partial charge in [-0.15, -0.1) is 10.2 Å². The van der Waals surface area contributed by atoms with Crippen molar-refractivity contribution in [2.45, 2.75) is 6.42 Å². The Morgan fingerprint density at radius 2 is 2.26 bits per heavy atom. The van der Waals surface area contributed by atoms with E-state index in [0.717, 1.165) is 5.56 Å². The molecule has 1 N–H and O–H groups in total. The molecule has 118 valence electrons. The van der Waals surface area contributed by atoms with Crippen LogP contribution in [0.5, 0.6) is 5.75 Å². The number of methoxy groups -OCH3 is 1. The molecule has 0 aliphatic rings. The standard InChI is InChI=1S/C15H12ClN3O3S/c1-21-12-3-2-10(16)6-11(12)17-13(20)7-14-18-19-15(22-14)9-4-5-23-8-9/h2-6,8H,7H2,1H3,(H,17,20). The van der Waals surface area contributed by atoms with Gasteiger partial charge < -0.3 is 14.5 Å². The lowest BCUT2D eigenvalue weighted by atomic mass is 10.2. The predicted octanol–water partition coefficient (Wildman–Crippen LogP) is 3.64. The maximum absolute atomic E-state index is 12.1. The Balaban J connectivity index is 1.69. The van der Waals surface area contributed by atoms with E-state index in [2.05, 4.69) is 15.5 Å². The molecule has 2 heterocycles. The summed E-state index contributed by atoms with van der Waals surface area (Å²) in [5.41, 5.74) is 1.33. The smallest absolute Gasteiger partial charge is 0.248 e. The summed E-state index contributed by atoms with van der Waals surface area (Å²) < 4.78 is 10.7. The molecule has 23 heavy (non-hydrogen) atoms. The predicted molar refractivity (Wildman–Crippen MR) is 87.9 cm³/mol. The van der Waals surface area contributed by atoms with Crippen LogP contribution in [-0.4, -0.2) is 23.2 Å². The van der Waals surface area contributed by atoms with Crippen molar-refractivity contribution in [2.75, 3.05) is 12.4 Å². The van der Waals surface area contributed by atoms with E-state index in [9.17, 15) is 4.79 Å². The number of rotatable bonds is 5. The van der Waals surface area contributed by atoms with Crippen LogP contribution in [0.3, 0.4) is 0 Å². The van der Waals surface area contributed by atoms with Crippen molar-refractivity contribution >= 4 is 34.5 Å². The number of aromatic nitrogens is 2. The highest BCUT2D eigenvalue weighted by Crippen LogP contribution is 2.28. The van der Waals surface area contributed by atoms with Gasteiger partial charge in [0.15, 0.2) is 0 Å². The molecular weight excluding hydrogens is 338 g/mol. The van der Waals surface area contributed by atoms with Crippen LogP contribution in [0.1, 0.15) is 5.89 Å². The molecule has 2 aromatic heterocycles. The van der Waals surface area contributed by atoms with Crippen molar-refractivity contribution in [2.24, 2.45) is 0 Å². The second-order valence-corrected chi connectivity index (χ2v) is 5.80. The quantitative estimate of drug-likeness (QED) is 0.760. The molecule has 0 aliphatic carbocycles. The number of amides is 1. The van der Waals surface area contributed by atoms with E-state index in [1.807, 2.05) is 16.8 Å². The number of hydrogen-bond acceptors (Lipinski definition) is 6. The minimum atomic E-state index is -0.300. The van der Waals surface area contributed by atoms with Gasteiger partial charge in [0, 0.05) is 16.0 Å². The Morgan fingerprint density at radius 1 is 1.39 bits per heavy atom.